The van der Waals surface area contributed by atoms with Crippen molar-refractivity contribution >= 4 is 11.5 Å². The van der Waals surface area contributed by atoms with Gasteiger partial charge in [-0.15, -0.1) is 0 Å². The van der Waals surface area contributed by atoms with E-state index in [4.69, 9.17) is 4.74 Å². The first-order chi connectivity index (χ1) is 10.7. The summed E-state index contributed by atoms with van der Waals surface area (Å²) in [6.45, 7) is 0.971. The van der Waals surface area contributed by atoms with Crippen molar-refractivity contribution in [1.82, 2.24) is 0 Å². The molecule has 0 aromatic heterocycles. The molecule has 4 rings (SSSR count). The van der Waals surface area contributed by atoms with Crippen LogP contribution in [0.4, 0.5) is 5.69 Å². The number of morpholine rings is 1. The Kier molecular flexibility index (Phi) is 2.89. The van der Waals surface area contributed by atoms with Crippen LogP contribution in [0.2, 0.25) is 0 Å². The SMILES string of the molecule is O=C1C=C2N(c3ccccc3)CCO[C@]2(O)c2ccccc21. The molecule has 4 heteroatoms. The molecule has 0 spiro atoms. The maximum Gasteiger partial charge on any atom is 0.236 e. The van der Waals surface area contributed by atoms with Gasteiger partial charge in [0.25, 0.3) is 0 Å². The molecule has 1 aliphatic carbocycles. The molecule has 1 heterocycles. The molecule has 4 nitrogen and oxygen atoms in total. The number of carbonyl (C=O) groups excluding carboxylic acids is 1. The molecule has 110 valence electrons. The van der Waals surface area contributed by atoms with Crippen LogP contribution in [0.5, 0.6) is 0 Å². The first kappa shape index (κ1) is 13.2. The standard InChI is InChI=1S/C18H15NO3/c20-16-12-17-18(21,15-9-5-4-8-14(15)16)22-11-10-19(17)13-6-2-1-3-7-13/h1-9,12,21H,10-11H2/t18-/m1/s1. The first-order valence-electron chi connectivity index (χ1n) is 7.25. The summed E-state index contributed by atoms with van der Waals surface area (Å²) in [6.07, 6.45) is 1.48. The van der Waals surface area contributed by atoms with E-state index in [0.717, 1.165) is 5.69 Å². The van der Waals surface area contributed by atoms with E-state index in [1.165, 1.54) is 6.08 Å². The zero-order valence-corrected chi connectivity index (χ0v) is 11.9. The first-order valence-corrected chi connectivity index (χ1v) is 7.25. The molecule has 1 N–H and O–H groups in total. The van der Waals surface area contributed by atoms with Crippen LogP contribution in [0.3, 0.4) is 0 Å². The maximum absolute atomic E-state index is 12.4. The third-order valence-corrected chi connectivity index (χ3v) is 4.16. The third-order valence-electron chi connectivity index (χ3n) is 4.16. The van der Waals surface area contributed by atoms with Gasteiger partial charge in [-0.25, -0.2) is 0 Å². The molecule has 0 bridgehead atoms. The number of aliphatic hydroxyl groups is 1. The van der Waals surface area contributed by atoms with E-state index in [1.807, 2.05) is 35.2 Å². The van der Waals surface area contributed by atoms with Crippen molar-refractivity contribution in [3.63, 3.8) is 0 Å². The Labute approximate surface area is 128 Å². The number of ether oxygens (including phenoxy) is 1. The molecule has 0 saturated carbocycles. The average molecular weight is 293 g/mol. The largest absolute Gasteiger partial charge is 0.357 e. The third kappa shape index (κ3) is 1.81. The van der Waals surface area contributed by atoms with Crippen LogP contribution in [0.15, 0.2) is 66.4 Å². The lowest BCUT2D eigenvalue weighted by Gasteiger charge is -2.44. The topological polar surface area (TPSA) is 49.8 Å². The summed E-state index contributed by atoms with van der Waals surface area (Å²) < 4.78 is 5.69. The fourth-order valence-electron chi connectivity index (χ4n) is 3.12. The van der Waals surface area contributed by atoms with Crippen LogP contribution in [-0.2, 0) is 10.5 Å². The number of ketones is 1. The highest BCUT2D eigenvalue weighted by Crippen LogP contribution is 2.42. The van der Waals surface area contributed by atoms with E-state index in [0.29, 0.717) is 30.0 Å². The van der Waals surface area contributed by atoms with Gasteiger partial charge in [0, 0.05) is 29.4 Å². The van der Waals surface area contributed by atoms with Gasteiger partial charge in [-0.1, -0.05) is 42.5 Å². The van der Waals surface area contributed by atoms with Crippen LogP contribution < -0.4 is 4.90 Å². The number of nitrogens with zero attached hydrogens (tertiary/aromatic N) is 1. The summed E-state index contributed by atoms with van der Waals surface area (Å²) in [5.74, 6) is -1.68. The Morgan fingerprint density at radius 2 is 1.77 bits per heavy atom. The predicted octanol–water partition coefficient (Wildman–Crippen LogP) is 2.45. The summed E-state index contributed by atoms with van der Waals surface area (Å²) in [5.41, 5.74) is 2.41. The summed E-state index contributed by atoms with van der Waals surface area (Å²) >= 11 is 0. The van der Waals surface area contributed by atoms with Gasteiger partial charge >= 0.3 is 0 Å². The van der Waals surface area contributed by atoms with Crippen molar-refractivity contribution in [3.05, 3.63) is 77.5 Å². The number of anilines is 1. The van der Waals surface area contributed by atoms with E-state index in [2.05, 4.69) is 0 Å². The second-order valence-electron chi connectivity index (χ2n) is 5.42. The van der Waals surface area contributed by atoms with Gasteiger partial charge in [0.15, 0.2) is 5.78 Å². The zero-order valence-electron chi connectivity index (χ0n) is 11.9. The highest BCUT2D eigenvalue weighted by molar-refractivity contribution is 6.08. The van der Waals surface area contributed by atoms with E-state index in [1.54, 1.807) is 24.3 Å². The number of hydrogen-bond donors (Lipinski definition) is 1. The number of hydrogen-bond acceptors (Lipinski definition) is 4. The second kappa shape index (κ2) is 4.80. The van der Waals surface area contributed by atoms with Gasteiger partial charge < -0.3 is 14.7 Å². The normalized spacial score (nSPS) is 23.6. The molecule has 0 amide bonds. The summed E-state index contributed by atoms with van der Waals surface area (Å²) in [6, 6.07) is 16.8. The van der Waals surface area contributed by atoms with Crippen LogP contribution in [0, 0.1) is 0 Å². The lowest BCUT2D eigenvalue weighted by atomic mass is 9.87. The van der Waals surface area contributed by atoms with Crippen molar-refractivity contribution in [1.29, 1.82) is 0 Å². The monoisotopic (exact) mass is 293 g/mol. The highest BCUT2D eigenvalue weighted by Gasteiger charge is 2.46. The maximum atomic E-state index is 12.4. The minimum Gasteiger partial charge on any atom is -0.357 e. The number of para-hydroxylation sites is 1. The minimum atomic E-state index is -1.57. The van der Waals surface area contributed by atoms with E-state index >= 15 is 0 Å². The molecule has 1 saturated heterocycles. The van der Waals surface area contributed by atoms with Crippen molar-refractivity contribution < 1.29 is 14.6 Å². The highest BCUT2D eigenvalue weighted by atomic mass is 16.6. The number of allylic oxidation sites excluding steroid dienone is 1. The fraction of sp³-hybridized carbons (Fsp3) is 0.167. The van der Waals surface area contributed by atoms with Gasteiger partial charge in [0.05, 0.1) is 12.3 Å². The van der Waals surface area contributed by atoms with Gasteiger partial charge in [-0.05, 0) is 12.1 Å². The minimum absolute atomic E-state index is 0.110. The molecule has 2 aliphatic rings. The van der Waals surface area contributed by atoms with E-state index in [-0.39, 0.29) is 5.78 Å². The molecular weight excluding hydrogens is 278 g/mol. The van der Waals surface area contributed by atoms with Crippen LogP contribution in [0.25, 0.3) is 0 Å². The Morgan fingerprint density at radius 1 is 1.05 bits per heavy atom. The molecular formula is C18H15NO3. The lowest BCUT2D eigenvalue weighted by molar-refractivity contribution is -0.194. The van der Waals surface area contributed by atoms with Crippen LogP contribution >= 0.6 is 0 Å². The van der Waals surface area contributed by atoms with Crippen LogP contribution in [-0.4, -0.2) is 24.0 Å². The molecule has 1 fully saturated rings. The van der Waals surface area contributed by atoms with Crippen molar-refractivity contribution in [2.75, 3.05) is 18.1 Å². The van der Waals surface area contributed by atoms with Crippen LogP contribution in [0.1, 0.15) is 15.9 Å². The lowest BCUT2D eigenvalue weighted by Crippen LogP contribution is -2.50. The van der Waals surface area contributed by atoms with Crippen molar-refractivity contribution in [2.24, 2.45) is 0 Å². The van der Waals surface area contributed by atoms with E-state index < -0.39 is 5.79 Å². The summed E-state index contributed by atoms with van der Waals surface area (Å²) in [4.78, 5) is 14.3. The number of benzene rings is 2. The molecule has 0 radical (unpaired) electrons. The summed E-state index contributed by atoms with van der Waals surface area (Å²) in [7, 11) is 0. The smallest absolute Gasteiger partial charge is 0.236 e. The Hall–Kier alpha value is -2.43. The zero-order chi connectivity index (χ0) is 15.2. The number of fused-ring (bicyclic) bond motifs is 3. The second-order valence-corrected chi connectivity index (χ2v) is 5.42. The average Bonchev–Trinajstić information content (AvgIpc) is 2.57. The molecule has 0 unspecified atom stereocenters. The van der Waals surface area contributed by atoms with Gasteiger partial charge in [0.1, 0.15) is 0 Å². The fourth-order valence-corrected chi connectivity index (χ4v) is 3.12. The van der Waals surface area contributed by atoms with Gasteiger partial charge in [0.2, 0.25) is 5.79 Å². The Bertz CT molecular complexity index is 769. The summed E-state index contributed by atoms with van der Waals surface area (Å²) in [5, 5.41) is 11.1. The van der Waals surface area contributed by atoms with E-state index in [9.17, 15) is 9.90 Å². The number of carbonyl (C=O) groups is 1. The van der Waals surface area contributed by atoms with Gasteiger partial charge in [-0.3, -0.25) is 4.79 Å². The predicted molar refractivity (Wildman–Crippen MR) is 82.5 cm³/mol. The van der Waals surface area contributed by atoms with Crippen molar-refractivity contribution in [2.45, 2.75) is 5.79 Å². The molecule has 1 atom stereocenters. The Morgan fingerprint density at radius 3 is 2.59 bits per heavy atom. The number of rotatable bonds is 1. The van der Waals surface area contributed by atoms with Gasteiger partial charge in [-0.2, -0.15) is 0 Å². The Balaban J connectivity index is 1.88. The molecule has 1 aliphatic heterocycles. The molecule has 2 aromatic carbocycles. The molecule has 2 aromatic rings. The quantitative estimate of drug-likeness (QED) is 0.877. The molecule has 22 heavy (non-hydrogen) atoms. The van der Waals surface area contributed by atoms with Crippen molar-refractivity contribution in [3.8, 4) is 0 Å².